The second-order valence-corrected chi connectivity index (χ2v) is 9.83. The number of nitrogens with zero attached hydrogens (tertiary/aromatic N) is 2. The Morgan fingerprint density at radius 2 is 2.00 bits per heavy atom. The van der Waals surface area contributed by atoms with Gasteiger partial charge >= 0.3 is 6.18 Å². The zero-order valence-electron chi connectivity index (χ0n) is 16.7. The Balaban J connectivity index is 1.54. The molecule has 1 aliphatic rings. The van der Waals surface area contributed by atoms with Gasteiger partial charge in [-0.15, -0.1) is 0 Å². The van der Waals surface area contributed by atoms with Crippen molar-refractivity contribution in [3.63, 3.8) is 0 Å². The van der Waals surface area contributed by atoms with E-state index in [9.17, 15) is 26.4 Å². The summed E-state index contributed by atoms with van der Waals surface area (Å²) in [4.78, 5) is 20.6. The first-order valence-electron chi connectivity index (χ1n) is 9.42. The fraction of sp³-hybridized carbons (Fsp3) is 0.300. The van der Waals surface area contributed by atoms with Crippen LogP contribution in [-0.4, -0.2) is 36.1 Å². The Kier molecular flexibility index (Phi) is 5.68. The second kappa shape index (κ2) is 8.05. The molecule has 1 N–H and O–H groups in total. The van der Waals surface area contributed by atoms with Crippen LogP contribution in [0, 0.1) is 0 Å². The summed E-state index contributed by atoms with van der Waals surface area (Å²) in [6.07, 6.45) is -3.17. The number of rotatable bonds is 4. The molecule has 12 heteroatoms. The molecule has 0 radical (unpaired) electrons. The van der Waals surface area contributed by atoms with Crippen LogP contribution in [0.15, 0.2) is 44.7 Å². The van der Waals surface area contributed by atoms with E-state index in [2.05, 4.69) is 9.97 Å². The van der Waals surface area contributed by atoms with E-state index in [0.29, 0.717) is 36.5 Å². The molecular weight excluding hydrogens is 471 g/mol. The molecule has 0 fully saturated rings. The van der Waals surface area contributed by atoms with Gasteiger partial charge in [-0.3, -0.25) is 14.7 Å². The fourth-order valence-corrected chi connectivity index (χ4v) is 4.25. The smallest absolute Gasteiger partial charge is 0.416 e. The Bertz CT molecular complexity index is 1350. The summed E-state index contributed by atoms with van der Waals surface area (Å²) in [6, 6.07) is 6.19. The van der Waals surface area contributed by atoms with Crippen molar-refractivity contribution < 1.29 is 26.0 Å². The van der Waals surface area contributed by atoms with E-state index in [1.165, 1.54) is 6.07 Å². The molecule has 3 heterocycles. The van der Waals surface area contributed by atoms with E-state index < -0.39 is 27.1 Å². The third kappa shape index (κ3) is 4.59. The van der Waals surface area contributed by atoms with E-state index in [0.717, 1.165) is 18.4 Å². The van der Waals surface area contributed by atoms with Crippen LogP contribution in [0.1, 0.15) is 22.6 Å². The Morgan fingerprint density at radius 1 is 1.25 bits per heavy atom. The van der Waals surface area contributed by atoms with Gasteiger partial charge in [-0.2, -0.15) is 13.2 Å². The molecule has 2 aromatic heterocycles. The molecule has 4 rings (SSSR count). The predicted molar refractivity (Wildman–Crippen MR) is 110 cm³/mol. The van der Waals surface area contributed by atoms with Crippen LogP contribution in [0.5, 0.6) is 0 Å². The molecule has 0 aliphatic carbocycles. The summed E-state index contributed by atoms with van der Waals surface area (Å²) in [5.41, 5.74) is -0.415. The number of H-pyrrole nitrogens is 1. The van der Waals surface area contributed by atoms with Crippen molar-refractivity contribution in [2.24, 2.45) is 0 Å². The first kappa shape index (κ1) is 22.6. The fourth-order valence-electron chi connectivity index (χ4n) is 3.49. The number of aromatic amines is 1. The maximum absolute atomic E-state index is 13.0. The molecule has 3 aromatic rings. The van der Waals surface area contributed by atoms with E-state index in [4.69, 9.17) is 16.0 Å². The summed E-state index contributed by atoms with van der Waals surface area (Å²) in [5.74, 6) is 0.680. The van der Waals surface area contributed by atoms with Gasteiger partial charge in [0, 0.05) is 31.3 Å². The van der Waals surface area contributed by atoms with Gasteiger partial charge in [-0.25, -0.2) is 13.4 Å². The highest BCUT2D eigenvalue weighted by molar-refractivity contribution is 7.90. The molecule has 0 saturated heterocycles. The number of fused-ring (bicyclic) bond motifs is 1. The number of sulfone groups is 1. The average Bonchev–Trinajstić information content (AvgIpc) is 3.15. The molecule has 0 amide bonds. The SMILES string of the molecule is CS(=O)(=O)c1nc2c(c(=O)[nH]1)CN(Cc1ccc(-c3cc(C(F)(F)F)ccc3Cl)o1)CC2. The van der Waals surface area contributed by atoms with Crippen LogP contribution in [0.2, 0.25) is 5.02 Å². The normalized spacial score (nSPS) is 15.0. The number of halogens is 4. The Hall–Kier alpha value is -2.63. The Labute approximate surface area is 185 Å². The summed E-state index contributed by atoms with van der Waals surface area (Å²) >= 11 is 6.07. The summed E-state index contributed by atoms with van der Waals surface area (Å²) in [6.45, 7) is 1.01. The number of nitrogens with one attached hydrogen (secondary N) is 1. The molecule has 1 aliphatic heterocycles. The third-order valence-electron chi connectivity index (χ3n) is 5.08. The van der Waals surface area contributed by atoms with Gasteiger partial charge in [0.1, 0.15) is 11.5 Å². The largest absolute Gasteiger partial charge is 0.460 e. The van der Waals surface area contributed by atoms with Crippen molar-refractivity contribution >= 4 is 21.4 Å². The minimum atomic E-state index is -4.51. The van der Waals surface area contributed by atoms with Crippen molar-refractivity contribution in [1.82, 2.24) is 14.9 Å². The van der Waals surface area contributed by atoms with E-state index in [1.54, 1.807) is 12.1 Å². The highest BCUT2D eigenvalue weighted by Crippen LogP contribution is 2.36. The first-order chi connectivity index (χ1) is 14.9. The molecule has 0 unspecified atom stereocenters. The van der Waals surface area contributed by atoms with E-state index in [1.807, 2.05) is 4.90 Å². The molecular formula is C20H17ClF3N3O4S. The standard InChI is InChI=1S/C20H17ClF3N3O4S/c1-32(29,30)19-25-16-6-7-27(10-14(16)18(28)26-19)9-12-3-5-17(31-12)13-8-11(20(22,23)24)2-4-15(13)21/h2-5,8H,6-7,9-10H2,1H3,(H,25,26,28). The lowest BCUT2D eigenvalue weighted by Gasteiger charge is -2.26. The predicted octanol–water partition coefficient (Wildman–Crippen LogP) is 3.66. The zero-order chi connectivity index (χ0) is 23.3. The van der Waals surface area contributed by atoms with Crippen molar-refractivity contribution in [2.45, 2.75) is 30.8 Å². The maximum Gasteiger partial charge on any atom is 0.416 e. The van der Waals surface area contributed by atoms with Gasteiger partial charge in [0.15, 0.2) is 0 Å². The Morgan fingerprint density at radius 3 is 2.69 bits per heavy atom. The van der Waals surface area contributed by atoms with E-state index in [-0.39, 0.29) is 28.0 Å². The van der Waals surface area contributed by atoms with Crippen LogP contribution in [0.25, 0.3) is 11.3 Å². The van der Waals surface area contributed by atoms with Gasteiger partial charge < -0.3 is 4.42 Å². The number of aromatic nitrogens is 2. The van der Waals surface area contributed by atoms with Gasteiger partial charge in [-0.05, 0) is 30.3 Å². The molecule has 0 atom stereocenters. The van der Waals surface area contributed by atoms with Crippen LogP contribution in [0.3, 0.4) is 0 Å². The number of hydrogen-bond donors (Lipinski definition) is 1. The molecule has 7 nitrogen and oxygen atoms in total. The number of hydrogen-bond acceptors (Lipinski definition) is 6. The monoisotopic (exact) mass is 487 g/mol. The number of furan rings is 1. The summed E-state index contributed by atoms with van der Waals surface area (Å²) in [5, 5.41) is -0.228. The maximum atomic E-state index is 13.0. The lowest BCUT2D eigenvalue weighted by molar-refractivity contribution is -0.137. The molecule has 0 bridgehead atoms. The summed E-state index contributed by atoms with van der Waals surface area (Å²) in [7, 11) is -3.64. The quantitative estimate of drug-likeness (QED) is 0.564. The van der Waals surface area contributed by atoms with Crippen LogP contribution in [0.4, 0.5) is 13.2 Å². The average molecular weight is 488 g/mol. The van der Waals surface area contributed by atoms with E-state index >= 15 is 0 Å². The lowest BCUT2D eigenvalue weighted by atomic mass is 10.1. The molecule has 0 spiro atoms. The van der Waals surface area contributed by atoms with Crippen molar-refractivity contribution in [2.75, 3.05) is 12.8 Å². The van der Waals surface area contributed by atoms with Crippen molar-refractivity contribution in [3.05, 3.63) is 68.3 Å². The molecule has 32 heavy (non-hydrogen) atoms. The van der Waals surface area contributed by atoms with Gasteiger partial charge in [0.05, 0.1) is 28.4 Å². The topological polar surface area (TPSA) is 96.3 Å². The zero-order valence-corrected chi connectivity index (χ0v) is 18.2. The van der Waals surface area contributed by atoms with Gasteiger partial charge in [0.2, 0.25) is 15.0 Å². The number of alkyl halides is 3. The van der Waals surface area contributed by atoms with Crippen LogP contribution in [-0.2, 0) is 35.5 Å². The highest BCUT2D eigenvalue weighted by atomic mass is 35.5. The number of benzene rings is 1. The van der Waals surface area contributed by atoms with Crippen molar-refractivity contribution in [1.29, 1.82) is 0 Å². The molecule has 170 valence electrons. The molecule has 0 saturated carbocycles. The van der Waals surface area contributed by atoms with Gasteiger partial charge in [0.25, 0.3) is 5.56 Å². The van der Waals surface area contributed by atoms with Crippen molar-refractivity contribution in [3.8, 4) is 11.3 Å². The van der Waals surface area contributed by atoms with Crippen LogP contribution >= 0.6 is 11.6 Å². The summed E-state index contributed by atoms with van der Waals surface area (Å²) < 4.78 is 68.1. The van der Waals surface area contributed by atoms with Crippen LogP contribution < -0.4 is 5.56 Å². The minimum Gasteiger partial charge on any atom is -0.460 e. The first-order valence-corrected chi connectivity index (χ1v) is 11.7. The van der Waals surface area contributed by atoms with Gasteiger partial charge in [-0.1, -0.05) is 11.6 Å². The third-order valence-corrected chi connectivity index (χ3v) is 6.30. The minimum absolute atomic E-state index is 0.130. The lowest BCUT2D eigenvalue weighted by Crippen LogP contribution is -2.36. The highest BCUT2D eigenvalue weighted by Gasteiger charge is 2.31. The molecule has 1 aromatic carbocycles. The second-order valence-electron chi connectivity index (χ2n) is 7.49.